The summed E-state index contributed by atoms with van der Waals surface area (Å²) in [6.45, 7) is 2.03. The van der Waals surface area contributed by atoms with Gasteiger partial charge in [0.2, 0.25) is 0 Å². The van der Waals surface area contributed by atoms with Gasteiger partial charge < -0.3 is 20.3 Å². The monoisotopic (exact) mass is 334 g/mol. The minimum atomic E-state index is -4.45. The largest absolute Gasteiger partial charge is 0.416 e. The van der Waals surface area contributed by atoms with Gasteiger partial charge in [0.15, 0.2) is 0 Å². The molecule has 1 aliphatic rings. The molecular weight excluding hydrogens is 313 g/mol. The number of aliphatic hydroxyl groups is 2. The third-order valence-electron chi connectivity index (χ3n) is 3.67. The van der Waals surface area contributed by atoms with Gasteiger partial charge in [0.05, 0.1) is 31.5 Å². The number of rotatable bonds is 6. The Morgan fingerprint density at radius 3 is 2.57 bits per heavy atom. The van der Waals surface area contributed by atoms with Gasteiger partial charge in [0, 0.05) is 31.9 Å². The zero-order valence-corrected chi connectivity index (χ0v) is 12.6. The minimum absolute atomic E-state index is 0.0173. The van der Waals surface area contributed by atoms with E-state index in [-0.39, 0.29) is 24.3 Å². The van der Waals surface area contributed by atoms with Crippen molar-refractivity contribution in [2.24, 2.45) is 0 Å². The molecule has 0 aliphatic carbocycles. The molecule has 1 aliphatic heterocycles. The molecule has 23 heavy (non-hydrogen) atoms. The van der Waals surface area contributed by atoms with E-state index in [1.54, 1.807) is 6.07 Å². The Labute approximate surface area is 132 Å². The van der Waals surface area contributed by atoms with Crippen LogP contribution in [0.4, 0.5) is 18.9 Å². The summed E-state index contributed by atoms with van der Waals surface area (Å²) in [5.74, 6) is 0. The maximum atomic E-state index is 13.3. The van der Waals surface area contributed by atoms with Crippen molar-refractivity contribution >= 4 is 5.69 Å². The number of hydrogen-bond donors (Lipinski definition) is 3. The highest BCUT2D eigenvalue weighted by Gasteiger charge is 2.34. The standard InChI is InChI=1S/C15H21F3N2O3/c16-15(17,18)14-7-12(19-8-13(22)10-21)2-1-11(14)9-20-3-5-23-6-4-20/h1-2,7,13,19,21-22H,3-6,8-10H2. The number of hydrogen-bond acceptors (Lipinski definition) is 5. The molecular formula is C15H21F3N2O3. The van der Waals surface area contributed by atoms with E-state index in [0.29, 0.717) is 26.3 Å². The SMILES string of the molecule is OCC(O)CNc1ccc(CN2CCOCC2)c(C(F)(F)F)c1. The Morgan fingerprint density at radius 2 is 1.96 bits per heavy atom. The first-order chi connectivity index (χ1) is 10.9. The summed E-state index contributed by atoms with van der Waals surface area (Å²) in [4.78, 5) is 1.93. The third-order valence-corrected chi connectivity index (χ3v) is 3.67. The van der Waals surface area contributed by atoms with Crippen molar-refractivity contribution in [2.45, 2.75) is 18.8 Å². The zero-order valence-electron chi connectivity index (χ0n) is 12.6. The highest BCUT2D eigenvalue weighted by atomic mass is 19.4. The van der Waals surface area contributed by atoms with Gasteiger partial charge >= 0.3 is 6.18 Å². The molecule has 1 saturated heterocycles. The van der Waals surface area contributed by atoms with Crippen LogP contribution in [-0.2, 0) is 17.5 Å². The van der Waals surface area contributed by atoms with Crippen molar-refractivity contribution in [1.29, 1.82) is 0 Å². The van der Waals surface area contributed by atoms with Crippen molar-refractivity contribution < 1.29 is 28.1 Å². The van der Waals surface area contributed by atoms with Crippen LogP contribution in [0.25, 0.3) is 0 Å². The van der Waals surface area contributed by atoms with Crippen LogP contribution < -0.4 is 5.32 Å². The molecule has 1 atom stereocenters. The van der Waals surface area contributed by atoms with Crippen LogP contribution >= 0.6 is 0 Å². The number of alkyl halides is 3. The number of nitrogens with one attached hydrogen (secondary N) is 1. The van der Waals surface area contributed by atoms with E-state index in [1.165, 1.54) is 6.07 Å². The molecule has 0 radical (unpaired) electrons. The topological polar surface area (TPSA) is 65.0 Å². The second kappa shape index (κ2) is 7.96. The number of morpholine rings is 1. The minimum Gasteiger partial charge on any atom is -0.394 e. The van der Waals surface area contributed by atoms with Gasteiger partial charge in [-0.15, -0.1) is 0 Å². The number of halogens is 3. The summed E-state index contributed by atoms with van der Waals surface area (Å²) in [6, 6.07) is 4.04. The molecule has 0 aromatic heterocycles. The quantitative estimate of drug-likeness (QED) is 0.732. The van der Waals surface area contributed by atoms with Crippen LogP contribution in [0, 0.1) is 0 Å². The highest BCUT2D eigenvalue weighted by molar-refractivity contribution is 5.50. The smallest absolute Gasteiger partial charge is 0.394 e. The van der Waals surface area contributed by atoms with Crippen LogP contribution in [-0.4, -0.2) is 60.7 Å². The van der Waals surface area contributed by atoms with Gasteiger partial charge in [-0.05, 0) is 17.7 Å². The Morgan fingerprint density at radius 1 is 1.26 bits per heavy atom. The normalized spacial score (nSPS) is 18.0. The van der Waals surface area contributed by atoms with E-state index in [4.69, 9.17) is 9.84 Å². The summed E-state index contributed by atoms with van der Waals surface area (Å²) < 4.78 is 45.1. The van der Waals surface area contributed by atoms with Crippen LogP contribution in [0.15, 0.2) is 18.2 Å². The summed E-state index contributed by atoms with van der Waals surface area (Å²) in [5.41, 5.74) is -0.212. The fraction of sp³-hybridized carbons (Fsp3) is 0.600. The lowest BCUT2D eigenvalue weighted by Crippen LogP contribution is -2.36. The second-order valence-electron chi connectivity index (χ2n) is 5.48. The summed E-state index contributed by atoms with van der Waals surface area (Å²) in [7, 11) is 0. The van der Waals surface area contributed by atoms with Crippen molar-refractivity contribution in [3.63, 3.8) is 0 Å². The number of ether oxygens (including phenoxy) is 1. The fourth-order valence-corrected chi connectivity index (χ4v) is 2.39. The Bertz CT molecular complexity index is 505. The Balaban J connectivity index is 2.14. The lowest BCUT2D eigenvalue weighted by Gasteiger charge is -2.28. The van der Waals surface area contributed by atoms with Gasteiger partial charge in [0.25, 0.3) is 0 Å². The zero-order chi connectivity index (χ0) is 16.9. The highest BCUT2D eigenvalue weighted by Crippen LogP contribution is 2.34. The molecule has 0 spiro atoms. The molecule has 1 aromatic carbocycles. The van der Waals surface area contributed by atoms with Crippen LogP contribution in [0.3, 0.4) is 0 Å². The number of aliphatic hydroxyl groups excluding tert-OH is 2. The molecule has 1 unspecified atom stereocenters. The average Bonchev–Trinajstić information content (AvgIpc) is 2.53. The molecule has 0 amide bonds. The number of nitrogens with zero attached hydrogens (tertiary/aromatic N) is 1. The number of benzene rings is 1. The van der Waals surface area contributed by atoms with Crippen LogP contribution in [0.2, 0.25) is 0 Å². The molecule has 1 aromatic rings. The van der Waals surface area contributed by atoms with E-state index in [9.17, 15) is 18.3 Å². The van der Waals surface area contributed by atoms with E-state index in [0.717, 1.165) is 6.07 Å². The van der Waals surface area contributed by atoms with Gasteiger partial charge in [-0.25, -0.2) is 0 Å². The Hall–Kier alpha value is -1.35. The van der Waals surface area contributed by atoms with Crippen molar-refractivity contribution in [2.75, 3.05) is 44.8 Å². The predicted octanol–water partition coefficient (Wildman–Crippen LogP) is 1.30. The first kappa shape index (κ1) is 18.0. The third kappa shape index (κ3) is 5.35. The molecule has 130 valence electrons. The van der Waals surface area contributed by atoms with Gasteiger partial charge in [0.1, 0.15) is 0 Å². The summed E-state index contributed by atoms with van der Waals surface area (Å²) in [6.07, 6.45) is -5.47. The van der Waals surface area contributed by atoms with E-state index < -0.39 is 24.5 Å². The first-order valence-electron chi connectivity index (χ1n) is 7.43. The summed E-state index contributed by atoms with van der Waals surface area (Å²) >= 11 is 0. The van der Waals surface area contributed by atoms with Gasteiger partial charge in [-0.3, -0.25) is 4.90 Å². The summed E-state index contributed by atoms with van der Waals surface area (Å²) in [5, 5.41) is 20.7. The fourth-order valence-electron chi connectivity index (χ4n) is 2.39. The van der Waals surface area contributed by atoms with Gasteiger partial charge in [-0.1, -0.05) is 6.07 Å². The molecule has 1 heterocycles. The molecule has 1 fully saturated rings. The van der Waals surface area contributed by atoms with Crippen molar-refractivity contribution in [3.05, 3.63) is 29.3 Å². The maximum Gasteiger partial charge on any atom is 0.416 e. The molecule has 0 saturated carbocycles. The lowest BCUT2D eigenvalue weighted by atomic mass is 10.0. The molecule has 2 rings (SSSR count). The molecule has 0 bridgehead atoms. The van der Waals surface area contributed by atoms with Gasteiger partial charge in [-0.2, -0.15) is 13.2 Å². The van der Waals surface area contributed by atoms with Crippen LogP contribution in [0.1, 0.15) is 11.1 Å². The van der Waals surface area contributed by atoms with E-state index in [1.807, 2.05) is 4.90 Å². The van der Waals surface area contributed by atoms with E-state index >= 15 is 0 Å². The van der Waals surface area contributed by atoms with Crippen LogP contribution in [0.5, 0.6) is 0 Å². The van der Waals surface area contributed by atoms with Crippen molar-refractivity contribution in [1.82, 2.24) is 4.90 Å². The second-order valence-corrected chi connectivity index (χ2v) is 5.48. The average molecular weight is 334 g/mol. The first-order valence-corrected chi connectivity index (χ1v) is 7.43. The van der Waals surface area contributed by atoms with E-state index in [2.05, 4.69) is 5.32 Å². The lowest BCUT2D eigenvalue weighted by molar-refractivity contribution is -0.138. The predicted molar refractivity (Wildman–Crippen MR) is 79.1 cm³/mol. The maximum absolute atomic E-state index is 13.3. The van der Waals surface area contributed by atoms with Crippen molar-refractivity contribution in [3.8, 4) is 0 Å². The Kier molecular flexibility index (Phi) is 6.23. The molecule has 8 heteroatoms. The molecule has 3 N–H and O–H groups in total. The molecule has 5 nitrogen and oxygen atoms in total. The number of anilines is 1.